The van der Waals surface area contributed by atoms with Crippen molar-refractivity contribution in [2.45, 2.75) is 53.0 Å². The lowest BCUT2D eigenvalue weighted by atomic mass is 9.80. The summed E-state index contributed by atoms with van der Waals surface area (Å²) in [6.07, 6.45) is 6.00. The summed E-state index contributed by atoms with van der Waals surface area (Å²) in [6.45, 7) is 9.12. The van der Waals surface area contributed by atoms with Gasteiger partial charge in [0.1, 0.15) is 0 Å². The minimum atomic E-state index is 0.392. The van der Waals surface area contributed by atoms with Gasteiger partial charge < -0.3 is 5.73 Å². The smallest absolute Gasteiger partial charge is 0.0102 e. The molecule has 0 fully saturated rings. The lowest BCUT2D eigenvalue weighted by Crippen LogP contribution is -2.30. The largest absolute Gasteiger partial charge is 0.327 e. The molecule has 0 bridgehead atoms. The minimum absolute atomic E-state index is 0.392. The fourth-order valence-corrected chi connectivity index (χ4v) is 2.02. The summed E-state index contributed by atoms with van der Waals surface area (Å²) >= 11 is 0. The Morgan fingerprint density at radius 2 is 2.08 bits per heavy atom. The third-order valence-corrected chi connectivity index (χ3v) is 2.73. The Kier molecular flexibility index (Phi) is 3.18. The average molecular weight is 181 g/mol. The Labute approximate surface area is 82.4 Å². The molecule has 0 spiro atoms. The molecule has 1 aliphatic carbocycles. The van der Waals surface area contributed by atoms with E-state index in [1.165, 1.54) is 19.3 Å². The molecule has 1 heteroatoms. The summed E-state index contributed by atoms with van der Waals surface area (Å²) in [5, 5.41) is 0. The van der Waals surface area contributed by atoms with E-state index in [9.17, 15) is 0 Å². The lowest BCUT2D eigenvalue weighted by Gasteiger charge is -2.28. The molecule has 0 aromatic carbocycles. The van der Waals surface area contributed by atoms with Gasteiger partial charge >= 0.3 is 0 Å². The molecule has 76 valence electrons. The summed E-state index contributed by atoms with van der Waals surface area (Å²) in [5.41, 5.74) is 8.00. The minimum Gasteiger partial charge on any atom is -0.327 e. The van der Waals surface area contributed by atoms with Crippen LogP contribution in [-0.4, -0.2) is 6.04 Å². The molecule has 2 N–H and O–H groups in total. The van der Waals surface area contributed by atoms with Crippen LogP contribution in [-0.2, 0) is 0 Å². The van der Waals surface area contributed by atoms with Crippen LogP contribution in [0.4, 0.5) is 0 Å². The van der Waals surface area contributed by atoms with Crippen molar-refractivity contribution in [2.24, 2.45) is 17.1 Å². The van der Waals surface area contributed by atoms with Crippen LogP contribution in [0, 0.1) is 11.3 Å². The first-order chi connectivity index (χ1) is 5.88. The van der Waals surface area contributed by atoms with Crippen molar-refractivity contribution in [3.63, 3.8) is 0 Å². The number of hydrogen-bond donors (Lipinski definition) is 1. The molecule has 0 aromatic rings. The molecule has 0 radical (unpaired) electrons. The fourth-order valence-electron chi connectivity index (χ4n) is 2.02. The van der Waals surface area contributed by atoms with Gasteiger partial charge in [0, 0.05) is 6.04 Å². The van der Waals surface area contributed by atoms with Crippen molar-refractivity contribution in [1.29, 1.82) is 0 Å². The third-order valence-electron chi connectivity index (χ3n) is 2.73. The second-order valence-electron chi connectivity index (χ2n) is 5.62. The van der Waals surface area contributed by atoms with E-state index < -0.39 is 0 Å². The third kappa shape index (κ3) is 3.51. The van der Waals surface area contributed by atoms with E-state index in [2.05, 4.69) is 33.8 Å². The highest BCUT2D eigenvalue weighted by atomic mass is 14.6. The molecular formula is C12H23N. The Bertz CT molecular complexity index is 198. The summed E-state index contributed by atoms with van der Waals surface area (Å²) in [5.74, 6) is 0.575. The summed E-state index contributed by atoms with van der Waals surface area (Å²) in [7, 11) is 0. The zero-order valence-corrected chi connectivity index (χ0v) is 9.43. The van der Waals surface area contributed by atoms with E-state index in [4.69, 9.17) is 5.73 Å². The van der Waals surface area contributed by atoms with Crippen molar-refractivity contribution >= 4 is 0 Å². The molecule has 0 aromatic heterocycles. The van der Waals surface area contributed by atoms with Crippen LogP contribution in [0.25, 0.3) is 0 Å². The van der Waals surface area contributed by atoms with Crippen LogP contribution >= 0.6 is 0 Å². The predicted octanol–water partition coefficient (Wildman–Crippen LogP) is 3.11. The van der Waals surface area contributed by atoms with Gasteiger partial charge in [0.15, 0.2) is 0 Å². The molecule has 0 aliphatic heterocycles. The van der Waals surface area contributed by atoms with Gasteiger partial charge in [0.25, 0.3) is 0 Å². The second-order valence-corrected chi connectivity index (χ2v) is 5.62. The molecule has 0 amide bonds. The summed E-state index contributed by atoms with van der Waals surface area (Å²) < 4.78 is 0. The van der Waals surface area contributed by atoms with Crippen molar-refractivity contribution < 1.29 is 0 Å². The quantitative estimate of drug-likeness (QED) is 0.618. The molecule has 13 heavy (non-hydrogen) atoms. The van der Waals surface area contributed by atoms with Crippen LogP contribution in [0.1, 0.15) is 47.0 Å². The monoisotopic (exact) mass is 181 g/mol. The van der Waals surface area contributed by atoms with Crippen molar-refractivity contribution in [2.75, 3.05) is 0 Å². The predicted molar refractivity (Wildman–Crippen MR) is 58.5 cm³/mol. The maximum atomic E-state index is 5.96. The Morgan fingerprint density at radius 3 is 2.54 bits per heavy atom. The number of hydrogen-bond acceptors (Lipinski definition) is 1. The maximum absolute atomic E-state index is 5.96. The van der Waals surface area contributed by atoms with E-state index in [1.807, 2.05) is 0 Å². The van der Waals surface area contributed by atoms with Crippen LogP contribution in [0.15, 0.2) is 11.6 Å². The van der Waals surface area contributed by atoms with Gasteiger partial charge in [-0.25, -0.2) is 0 Å². The molecule has 2 unspecified atom stereocenters. The zero-order chi connectivity index (χ0) is 10.1. The van der Waals surface area contributed by atoms with Crippen LogP contribution in [0.5, 0.6) is 0 Å². The number of allylic oxidation sites excluding steroid dienone is 1. The van der Waals surface area contributed by atoms with E-state index in [0.29, 0.717) is 17.4 Å². The molecule has 0 saturated heterocycles. The molecule has 1 aliphatic rings. The lowest BCUT2D eigenvalue weighted by molar-refractivity contribution is 0.383. The van der Waals surface area contributed by atoms with Crippen molar-refractivity contribution in [1.82, 2.24) is 0 Å². The van der Waals surface area contributed by atoms with Crippen molar-refractivity contribution in [3.8, 4) is 0 Å². The van der Waals surface area contributed by atoms with Crippen LogP contribution in [0.3, 0.4) is 0 Å². The first-order valence-electron chi connectivity index (χ1n) is 5.33. The highest BCUT2D eigenvalue weighted by molar-refractivity contribution is 5.11. The van der Waals surface area contributed by atoms with Gasteiger partial charge in [-0.2, -0.15) is 0 Å². The molecule has 1 nitrogen and oxygen atoms in total. The number of nitrogens with two attached hydrogens (primary N) is 1. The highest BCUT2D eigenvalue weighted by Crippen LogP contribution is 2.31. The van der Waals surface area contributed by atoms with E-state index in [0.717, 1.165) is 0 Å². The Morgan fingerprint density at radius 1 is 1.46 bits per heavy atom. The zero-order valence-electron chi connectivity index (χ0n) is 9.43. The van der Waals surface area contributed by atoms with E-state index >= 15 is 0 Å². The fraction of sp³-hybridized carbons (Fsp3) is 0.833. The van der Waals surface area contributed by atoms with E-state index in [-0.39, 0.29) is 0 Å². The Balaban J connectivity index is 2.57. The molecular weight excluding hydrogens is 158 g/mol. The number of rotatable bonds is 1. The maximum Gasteiger partial charge on any atom is 0.0102 e. The van der Waals surface area contributed by atoms with E-state index in [1.54, 1.807) is 5.57 Å². The second kappa shape index (κ2) is 3.83. The molecule has 2 atom stereocenters. The van der Waals surface area contributed by atoms with Gasteiger partial charge in [-0.3, -0.25) is 0 Å². The topological polar surface area (TPSA) is 26.0 Å². The average Bonchev–Trinajstić information content (AvgIpc) is 1.94. The summed E-state index contributed by atoms with van der Waals surface area (Å²) in [6, 6.07) is 0.392. The van der Waals surface area contributed by atoms with Crippen LogP contribution in [0.2, 0.25) is 0 Å². The van der Waals surface area contributed by atoms with Crippen molar-refractivity contribution in [3.05, 3.63) is 11.6 Å². The molecule has 0 heterocycles. The standard InChI is InChI=1S/C12H23N/c1-9-7-10(5-6-11(9)13)8-12(2,3)4/h7,9,11H,5-6,8,13H2,1-4H3. The van der Waals surface area contributed by atoms with Gasteiger partial charge in [-0.15, -0.1) is 0 Å². The van der Waals surface area contributed by atoms with Gasteiger partial charge in [-0.1, -0.05) is 39.3 Å². The SMILES string of the molecule is CC1C=C(CC(C)(C)C)CCC1N. The highest BCUT2D eigenvalue weighted by Gasteiger charge is 2.20. The molecule has 1 rings (SSSR count). The van der Waals surface area contributed by atoms with Gasteiger partial charge in [0.05, 0.1) is 0 Å². The Hall–Kier alpha value is -0.300. The van der Waals surface area contributed by atoms with Gasteiger partial charge in [-0.05, 0) is 30.6 Å². The summed E-state index contributed by atoms with van der Waals surface area (Å²) in [4.78, 5) is 0. The normalized spacial score (nSPS) is 30.1. The first-order valence-corrected chi connectivity index (χ1v) is 5.33. The van der Waals surface area contributed by atoms with Crippen LogP contribution < -0.4 is 5.73 Å². The molecule has 0 saturated carbocycles. The first kappa shape index (κ1) is 10.8. The van der Waals surface area contributed by atoms with Gasteiger partial charge in [0.2, 0.25) is 0 Å².